The molecule has 1 rings (SSSR count). The minimum atomic E-state index is 0.548. The molecule has 0 bridgehead atoms. The smallest absolute Gasteiger partial charge is 0.154 e. The summed E-state index contributed by atoms with van der Waals surface area (Å²) in [4.78, 5) is 4.08. The third-order valence-corrected chi connectivity index (χ3v) is 2.75. The second-order valence-corrected chi connectivity index (χ2v) is 4.06. The zero-order valence-corrected chi connectivity index (χ0v) is 9.70. The van der Waals surface area contributed by atoms with E-state index in [1.165, 1.54) is 11.8 Å². The molecule has 0 aliphatic rings. The van der Waals surface area contributed by atoms with E-state index in [9.17, 15) is 0 Å². The first-order valence-electron chi connectivity index (χ1n) is 4.79. The van der Waals surface area contributed by atoms with Crippen molar-refractivity contribution in [2.45, 2.75) is 5.75 Å². The zero-order valence-electron chi connectivity index (χ0n) is 8.89. The molecule has 2 N–H and O–H groups in total. The fraction of sp³-hybridized carbons (Fsp3) is 0.167. The highest BCUT2D eigenvalue weighted by Crippen LogP contribution is 2.12. The standard InChI is InChI=1S/C12H13N3S/c1-2-7-15-12(14)16-9-11-5-3-10(8-13)4-6-11/h2-6H,1,7,9H2,(H2,14,15). The van der Waals surface area contributed by atoms with Gasteiger partial charge in [-0.15, -0.1) is 6.58 Å². The molecule has 0 aromatic heterocycles. The van der Waals surface area contributed by atoms with Crippen LogP contribution in [0, 0.1) is 11.3 Å². The second kappa shape index (κ2) is 6.70. The zero-order chi connectivity index (χ0) is 11.8. The third kappa shape index (κ3) is 4.20. The highest BCUT2D eigenvalue weighted by Gasteiger charge is 1.97. The van der Waals surface area contributed by atoms with E-state index in [1.54, 1.807) is 18.2 Å². The molecule has 0 saturated heterocycles. The Labute approximate surface area is 99.7 Å². The summed E-state index contributed by atoms with van der Waals surface area (Å²) in [7, 11) is 0. The molecule has 0 aliphatic carbocycles. The van der Waals surface area contributed by atoms with Crippen LogP contribution in [0.1, 0.15) is 11.1 Å². The molecule has 16 heavy (non-hydrogen) atoms. The van der Waals surface area contributed by atoms with Gasteiger partial charge in [-0.25, -0.2) is 0 Å². The minimum Gasteiger partial charge on any atom is -0.379 e. The second-order valence-electron chi connectivity index (χ2n) is 3.07. The quantitative estimate of drug-likeness (QED) is 0.491. The molecule has 0 atom stereocenters. The van der Waals surface area contributed by atoms with Gasteiger partial charge in [0.15, 0.2) is 5.17 Å². The van der Waals surface area contributed by atoms with Crippen LogP contribution >= 0.6 is 11.8 Å². The molecule has 4 heteroatoms. The predicted molar refractivity (Wildman–Crippen MR) is 69.1 cm³/mol. The van der Waals surface area contributed by atoms with E-state index < -0.39 is 0 Å². The molecule has 3 nitrogen and oxygen atoms in total. The lowest BCUT2D eigenvalue weighted by atomic mass is 10.2. The number of amidine groups is 1. The molecule has 0 amide bonds. The van der Waals surface area contributed by atoms with Gasteiger partial charge in [0.25, 0.3) is 0 Å². The summed E-state index contributed by atoms with van der Waals surface area (Å²) in [6.07, 6.45) is 1.70. The van der Waals surface area contributed by atoms with Crippen molar-refractivity contribution < 1.29 is 0 Å². The predicted octanol–water partition coefficient (Wildman–Crippen LogP) is 2.29. The topological polar surface area (TPSA) is 62.2 Å². The largest absolute Gasteiger partial charge is 0.379 e. The fourth-order valence-electron chi connectivity index (χ4n) is 1.03. The molecule has 0 heterocycles. The van der Waals surface area contributed by atoms with Gasteiger partial charge < -0.3 is 5.73 Å². The van der Waals surface area contributed by atoms with Crippen LogP contribution in [-0.4, -0.2) is 11.7 Å². The molecule has 0 saturated carbocycles. The Kier molecular flexibility index (Phi) is 5.17. The van der Waals surface area contributed by atoms with Crippen LogP contribution in [0.5, 0.6) is 0 Å². The Balaban J connectivity index is 2.48. The Bertz CT molecular complexity index is 415. The monoisotopic (exact) mass is 231 g/mol. The van der Waals surface area contributed by atoms with Crippen molar-refractivity contribution in [3.63, 3.8) is 0 Å². The lowest BCUT2D eigenvalue weighted by molar-refractivity contribution is 1.25. The van der Waals surface area contributed by atoms with Crippen LogP contribution in [0.4, 0.5) is 0 Å². The molecule has 0 unspecified atom stereocenters. The summed E-state index contributed by atoms with van der Waals surface area (Å²) in [5.41, 5.74) is 7.47. The van der Waals surface area contributed by atoms with Crippen LogP contribution in [-0.2, 0) is 5.75 Å². The maximum atomic E-state index is 8.64. The Morgan fingerprint density at radius 1 is 1.50 bits per heavy atom. The van der Waals surface area contributed by atoms with Gasteiger partial charge in [-0.2, -0.15) is 5.26 Å². The van der Waals surface area contributed by atoms with Gasteiger partial charge in [0.1, 0.15) is 0 Å². The summed E-state index contributed by atoms with van der Waals surface area (Å²) in [5.74, 6) is 0.762. The van der Waals surface area contributed by atoms with Gasteiger partial charge in [-0.05, 0) is 17.7 Å². The van der Waals surface area contributed by atoms with Gasteiger partial charge in [-0.3, -0.25) is 4.99 Å². The van der Waals surface area contributed by atoms with E-state index in [1.807, 2.05) is 12.1 Å². The normalized spacial score (nSPS) is 10.8. The summed E-state index contributed by atoms with van der Waals surface area (Å²) in [6.45, 7) is 4.12. The Morgan fingerprint density at radius 3 is 2.75 bits per heavy atom. The first kappa shape index (κ1) is 12.3. The molecule has 0 radical (unpaired) electrons. The number of thioether (sulfide) groups is 1. The number of rotatable bonds is 4. The molecule has 0 aliphatic heterocycles. The fourth-order valence-corrected chi connectivity index (χ4v) is 1.71. The van der Waals surface area contributed by atoms with Crippen molar-refractivity contribution in [1.82, 2.24) is 0 Å². The van der Waals surface area contributed by atoms with Crippen molar-refractivity contribution >= 4 is 16.9 Å². The van der Waals surface area contributed by atoms with Crippen molar-refractivity contribution in [2.24, 2.45) is 10.7 Å². The summed E-state index contributed by atoms with van der Waals surface area (Å²) >= 11 is 1.48. The van der Waals surface area contributed by atoms with E-state index in [2.05, 4.69) is 17.6 Å². The summed E-state index contributed by atoms with van der Waals surface area (Å²) < 4.78 is 0. The summed E-state index contributed by atoms with van der Waals surface area (Å²) in [6, 6.07) is 9.52. The van der Waals surface area contributed by atoms with Gasteiger partial charge in [0, 0.05) is 5.75 Å². The Morgan fingerprint density at radius 2 is 2.19 bits per heavy atom. The molecular weight excluding hydrogens is 218 g/mol. The first-order valence-corrected chi connectivity index (χ1v) is 5.77. The number of hydrogen-bond donors (Lipinski definition) is 1. The number of nitriles is 1. The number of aliphatic imine (C=N–C) groups is 1. The molecule has 0 fully saturated rings. The number of benzene rings is 1. The van der Waals surface area contributed by atoms with E-state index in [-0.39, 0.29) is 0 Å². The maximum Gasteiger partial charge on any atom is 0.154 e. The SMILES string of the molecule is C=CCN=C(N)SCc1ccc(C#N)cc1. The van der Waals surface area contributed by atoms with Gasteiger partial charge in [0.05, 0.1) is 18.2 Å². The third-order valence-electron chi connectivity index (χ3n) is 1.85. The molecule has 1 aromatic rings. The van der Waals surface area contributed by atoms with Crippen molar-refractivity contribution in [1.29, 1.82) is 5.26 Å². The van der Waals surface area contributed by atoms with E-state index in [0.29, 0.717) is 17.3 Å². The van der Waals surface area contributed by atoms with E-state index in [4.69, 9.17) is 11.0 Å². The minimum absolute atomic E-state index is 0.548. The molecule has 1 aromatic carbocycles. The molecule has 0 spiro atoms. The van der Waals surface area contributed by atoms with Crippen molar-refractivity contribution in [3.05, 3.63) is 48.0 Å². The number of nitrogens with zero attached hydrogens (tertiary/aromatic N) is 2. The first-order chi connectivity index (χ1) is 7.76. The van der Waals surface area contributed by atoms with Gasteiger partial charge in [-0.1, -0.05) is 30.0 Å². The van der Waals surface area contributed by atoms with Gasteiger partial charge >= 0.3 is 0 Å². The molecular formula is C12H13N3S. The van der Waals surface area contributed by atoms with Crippen LogP contribution in [0.3, 0.4) is 0 Å². The van der Waals surface area contributed by atoms with Crippen molar-refractivity contribution in [3.8, 4) is 6.07 Å². The number of nitrogens with two attached hydrogens (primary N) is 1. The molecule has 82 valence electrons. The maximum absolute atomic E-state index is 8.64. The average molecular weight is 231 g/mol. The Hall–Kier alpha value is -1.73. The summed E-state index contributed by atoms with van der Waals surface area (Å²) in [5, 5.41) is 9.20. The van der Waals surface area contributed by atoms with Gasteiger partial charge in [0.2, 0.25) is 0 Å². The van der Waals surface area contributed by atoms with Crippen LogP contribution in [0.2, 0.25) is 0 Å². The number of hydrogen-bond acceptors (Lipinski definition) is 3. The lowest BCUT2D eigenvalue weighted by Crippen LogP contribution is -2.07. The highest BCUT2D eigenvalue weighted by atomic mass is 32.2. The van der Waals surface area contributed by atoms with Crippen LogP contribution < -0.4 is 5.73 Å². The highest BCUT2D eigenvalue weighted by molar-refractivity contribution is 8.13. The lowest BCUT2D eigenvalue weighted by Gasteiger charge is -2.01. The van der Waals surface area contributed by atoms with Crippen LogP contribution in [0.25, 0.3) is 0 Å². The van der Waals surface area contributed by atoms with Crippen molar-refractivity contribution in [2.75, 3.05) is 6.54 Å². The van der Waals surface area contributed by atoms with E-state index >= 15 is 0 Å². The average Bonchev–Trinajstić information content (AvgIpc) is 2.34. The van der Waals surface area contributed by atoms with Crippen LogP contribution in [0.15, 0.2) is 41.9 Å². The van der Waals surface area contributed by atoms with E-state index in [0.717, 1.165) is 11.3 Å².